The van der Waals surface area contributed by atoms with Crippen molar-refractivity contribution in [3.8, 4) is 0 Å². The van der Waals surface area contributed by atoms with Gasteiger partial charge < -0.3 is 15.4 Å². The largest absolute Gasteiger partial charge is 0.480 e. The Bertz CT molecular complexity index is 594. The number of hydrogen-bond donors (Lipinski definition) is 3. The van der Waals surface area contributed by atoms with Gasteiger partial charge in [-0.1, -0.05) is 18.2 Å². The molecule has 1 aromatic heterocycles. The number of amides is 1. The third-order valence-electron chi connectivity index (χ3n) is 2.77. The molecule has 0 aliphatic carbocycles. The number of aromatic nitrogens is 1. The van der Waals surface area contributed by atoms with Crippen LogP contribution in [0.3, 0.4) is 0 Å². The zero-order valence-electron chi connectivity index (χ0n) is 10.6. The van der Waals surface area contributed by atoms with E-state index in [4.69, 9.17) is 5.11 Å². The van der Waals surface area contributed by atoms with Crippen molar-refractivity contribution < 1.29 is 34.2 Å². The van der Waals surface area contributed by atoms with Gasteiger partial charge in [0.2, 0.25) is 5.91 Å². The monoisotopic (exact) mass is 310 g/mol. The van der Waals surface area contributed by atoms with Gasteiger partial charge in [-0.05, 0) is 11.6 Å². The number of para-hydroxylation sites is 1. The summed E-state index contributed by atoms with van der Waals surface area (Å²) in [6, 6.07) is 6.75. The average Bonchev–Trinajstić information content (AvgIpc) is 2.71. The third kappa shape index (κ3) is 3.64. The molecule has 1 aromatic carbocycles. The normalized spacial score (nSPS) is 11.6. The van der Waals surface area contributed by atoms with E-state index in [1.165, 1.54) is 6.92 Å². The maximum absolute atomic E-state index is 11.1. The average molecular weight is 312 g/mol. The molecule has 0 aliphatic rings. The minimum absolute atomic E-state index is 0. The van der Waals surface area contributed by atoms with E-state index in [0.717, 1.165) is 16.5 Å². The molecule has 0 unspecified atom stereocenters. The Morgan fingerprint density at radius 3 is 2.68 bits per heavy atom. The number of carbonyl (C=O) groups excluding carboxylic acids is 1. The summed E-state index contributed by atoms with van der Waals surface area (Å²) in [4.78, 5) is 25.1. The molecule has 0 saturated heterocycles. The van der Waals surface area contributed by atoms with E-state index in [1.807, 2.05) is 24.3 Å². The van der Waals surface area contributed by atoms with Crippen molar-refractivity contribution in [3.05, 3.63) is 36.0 Å². The molecule has 0 aliphatic heterocycles. The Balaban J connectivity index is 0.00000180. The Morgan fingerprint density at radius 2 is 2.05 bits per heavy atom. The van der Waals surface area contributed by atoms with Crippen LogP contribution in [-0.4, -0.2) is 28.0 Å². The van der Waals surface area contributed by atoms with E-state index in [1.54, 1.807) is 6.20 Å². The first kappa shape index (κ1) is 15.4. The second-order valence-electron chi connectivity index (χ2n) is 4.15. The number of carboxylic acids is 1. The van der Waals surface area contributed by atoms with Crippen LogP contribution in [0.25, 0.3) is 10.9 Å². The van der Waals surface area contributed by atoms with Gasteiger partial charge in [-0.2, -0.15) is 0 Å². The summed E-state index contributed by atoms with van der Waals surface area (Å²) in [6.45, 7) is 1.31. The molecule has 0 radical (unpaired) electrons. The van der Waals surface area contributed by atoms with Crippen molar-refractivity contribution >= 4 is 22.8 Å². The molecule has 3 N–H and O–H groups in total. The fourth-order valence-electron chi connectivity index (χ4n) is 1.97. The molecule has 6 heteroatoms. The minimum atomic E-state index is -1.03. The number of aromatic amines is 1. The molecule has 96 valence electrons. The number of nitrogens with one attached hydrogen (secondary N) is 2. The standard InChI is InChI=1S/C13H14N2O3.Zn/c1-8(16)15-12(13(17)18)6-9-7-14-11-5-3-2-4-10(9)11;/h2-5,7,12,14H,6H2,1H3,(H,15,16)(H,17,18);/t12-;/m0./s1. The van der Waals surface area contributed by atoms with E-state index in [9.17, 15) is 9.59 Å². The first-order valence-corrected chi connectivity index (χ1v) is 5.63. The van der Waals surface area contributed by atoms with E-state index in [0.29, 0.717) is 0 Å². The zero-order chi connectivity index (χ0) is 13.1. The van der Waals surface area contributed by atoms with Crippen molar-refractivity contribution in [3.63, 3.8) is 0 Å². The fourth-order valence-corrected chi connectivity index (χ4v) is 1.97. The second-order valence-corrected chi connectivity index (χ2v) is 4.15. The number of carbonyl (C=O) groups is 2. The molecular formula is C13H14N2O3Zn. The summed E-state index contributed by atoms with van der Waals surface area (Å²) in [5, 5.41) is 12.5. The maximum atomic E-state index is 11.1. The minimum Gasteiger partial charge on any atom is -0.480 e. The third-order valence-corrected chi connectivity index (χ3v) is 2.77. The molecule has 1 atom stereocenters. The van der Waals surface area contributed by atoms with Gasteiger partial charge >= 0.3 is 5.97 Å². The van der Waals surface area contributed by atoms with Crippen molar-refractivity contribution in [2.75, 3.05) is 0 Å². The van der Waals surface area contributed by atoms with E-state index < -0.39 is 12.0 Å². The van der Waals surface area contributed by atoms with Crippen LogP contribution < -0.4 is 5.32 Å². The Kier molecular flexibility index (Phi) is 5.24. The molecule has 5 nitrogen and oxygen atoms in total. The molecule has 2 aromatic rings. The number of benzene rings is 1. The van der Waals surface area contributed by atoms with E-state index in [2.05, 4.69) is 10.3 Å². The van der Waals surface area contributed by atoms with Crippen LogP contribution in [0, 0.1) is 0 Å². The first-order chi connectivity index (χ1) is 8.58. The summed E-state index contributed by atoms with van der Waals surface area (Å²) in [6.07, 6.45) is 2.04. The van der Waals surface area contributed by atoms with Gasteiger partial charge in [0.15, 0.2) is 0 Å². The fraction of sp³-hybridized carbons (Fsp3) is 0.231. The molecule has 1 amide bonds. The molecule has 0 saturated carbocycles. The molecule has 0 bridgehead atoms. The summed E-state index contributed by atoms with van der Waals surface area (Å²) < 4.78 is 0. The predicted molar refractivity (Wildman–Crippen MR) is 67.2 cm³/mol. The van der Waals surface area contributed by atoms with Gasteiger partial charge in [0.1, 0.15) is 6.04 Å². The van der Waals surface area contributed by atoms with Gasteiger partial charge in [-0.15, -0.1) is 0 Å². The van der Waals surface area contributed by atoms with Crippen LogP contribution >= 0.6 is 0 Å². The Morgan fingerprint density at radius 1 is 1.37 bits per heavy atom. The molecule has 19 heavy (non-hydrogen) atoms. The van der Waals surface area contributed by atoms with Crippen molar-refractivity contribution in [1.82, 2.24) is 10.3 Å². The summed E-state index contributed by atoms with van der Waals surface area (Å²) in [5.74, 6) is -1.38. The molecule has 0 spiro atoms. The second kappa shape index (κ2) is 6.48. The number of carboxylic acid groups (broad SMARTS) is 1. The quantitative estimate of drug-likeness (QED) is 0.744. The predicted octanol–water partition coefficient (Wildman–Crippen LogP) is 1.30. The van der Waals surface area contributed by atoms with Crippen molar-refractivity contribution in [2.24, 2.45) is 0 Å². The summed E-state index contributed by atoms with van der Waals surface area (Å²) in [7, 11) is 0. The van der Waals surface area contributed by atoms with Crippen molar-refractivity contribution in [2.45, 2.75) is 19.4 Å². The van der Waals surface area contributed by atoms with Gasteiger partial charge in [0.05, 0.1) is 0 Å². The van der Waals surface area contributed by atoms with Crippen LogP contribution in [-0.2, 0) is 35.5 Å². The summed E-state index contributed by atoms with van der Waals surface area (Å²) in [5.41, 5.74) is 1.84. The van der Waals surface area contributed by atoms with Gasteiger partial charge in [0, 0.05) is 49.9 Å². The maximum Gasteiger partial charge on any atom is 0.326 e. The Hall–Kier alpha value is -1.68. The number of hydrogen-bond acceptors (Lipinski definition) is 2. The SMILES string of the molecule is CC(=O)N[C@@H](Cc1c[nH]c2ccccc12)C(=O)O.[Zn]. The molecule has 1 heterocycles. The summed E-state index contributed by atoms with van der Waals surface area (Å²) >= 11 is 0. The van der Waals surface area contributed by atoms with Crippen LogP contribution in [0.1, 0.15) is 12.5 Å². The number of rotatable bonds is 4. The van der Waals surface area contributed by atoms with Gasteiger partial charge in [0.25, 0.3) is 0 Å². The number of H-pyrrole nitrogens is 1. The van der Waals surface area contributed by atoms with Crippen LogP contribution in [0.15, 0.2) is 30.5 Å². The molecule has 2 rings (SSSR count). The van der Waals surface area contributed by atoms with Crippen LogP contribution in [0.5, 0.6) is 0 Å². The number of fused-ring (bicyclic) bond motifs is 1. The van der Waals surface area contributed by atoms with E-state index in [-0.39, 0.29) is 31.8 Å². The number of aliphatic carboxylic acids is 1. The van der Waals surface area contributed by atoms with Crippen LogP contribution in [0.2, 0.25) is 0 Å². The molecule has 0 fully saturated rings. The topological polar surface area (TPSA) is 82.2 Å². The van der Waals surface area contributed by atoms with Gasteiger partial charge in [-0.25, -0.2) is 4.79 Å². The molecular weight excluding hydrogens is 298 g/mol. The van der Waals surface area contributed by atoms with Crippen molar-refractivity contribution in [1.29, 1.82) is 0 Å². The smallest absolute Gasteiger partial charge is 0.326 e. The zero-order valence-corrected chi connectivity index (χ0v) is 13.6. The van der Waals surface area contributed by atoms with Crippen LogP contribution in [0.4, 0.5) is 0 Å². The van der Waals surface area contributed by atoms with Gasteiger partial charge in [-0.3, -0.25) is 4.79 Å². The first-order valence-electron chi connectivity index (χ1n) is 5.63. The Labute approximate surface area is 123 Å². The van der Waals surface area contributed by atoms with E-state index >= 15 is 0 Å².